The molecule has 1 aromatic rings. The molecule has 0 fully saturated rings. The first-order valence-electron chi connectivity index (χ1n) is 6.28. The highest BCUT2D eigenvalue weighted by Gasteiger charge is 2.17. The summed E-state index contributed by atoms with van der Waals surface area (Å²) in [6.07, 6.45) is 1.91. The lowest BCUT2D eigenvalue weighted by Gasteiger charge is -2.27. The molecule has 0 aliphatic carbocycles. The van der Waals surface area contributed by atoms with Crippen molar-refractivity contribution in [2.24, 2.45) is 5.14 Å². The van der Waals surface area contributed by atoms with E-state index in [1.54, 1.807) is 0 Å². The highest BCUT2D eigenvalue weighted by molar-refractivity contribution is 7.89. The van der Waals surface area contributed by atoms with Gasteiger partial charge in [0.1, 0.15) is 0 Å². The van der Waals surface area contributed by atoms with Gasteiger partial charge in [-0.3, -0.25) is 0 Å². The number of hydrogen-bond acceptors (Lipinski definition) is 5. The SMILES string of the molecule is CCCN(CCC)c1c(N)cc(S(N)(=O)=O)cc1N. The number of benzene rings is 1. The van der Waals surface area contributed by atoms with Crippen molar-refractivity contribution in [1.82, 2.24) is 0 Å². The summed E-state index contributed by atoms with van der Waals surface area (Å²) in [7, 11) is -3.79. The molecular weight excluding hydrogens is 264 g/mol. The second-order valence-corrected chi connectivity index (χ2v) is 6.04. The zero-order chi connectivity index (χ0) is 14.6. The maximum absolute atomic E-state index is 11.3. The third-order valence-corrected chi connectivity index (χ3v) is 3.67. The number of primary sulfonamides is 1. The molecule has 0 saturated heterocycles. The van der Waals surface area contributed by atoms with Gasteiger partial charge in [0.25, 0.3) is 0 Å². The Labute approximate surface area is 114 Å². The Bertz CT molecular complexity index is 514. The Morgan fingerprint density at radius 2 is 1.47 bits per heavy atom. The maximum atomic E-state index is 11.3. The van der Waals surface area contributed by atoms with E-state index in [4.69, 9.17) is 16.6 Å². The lowest BCUT2D eigenvalue weighted by Crippen LogP contribution is -2.27. The molecule has 0 aliphatic heterocycles. The lowest BCUT2D eigenvalue weighted by molar-refractivity contribution is 0.598. The van der Waals surface area contributed by atoms with Gasteiger partial charge in [-0.15, -0.1) is 0 Å². The molecule has 0 radical (unpaired) electrons. The van der Waals surface area contributed by atoms with E-state index in [1.165, 1.54) is 12.1 Å². The lowest BCUT2D eigenvalue weighted by atomic mass is 10.2. The summed E-state index contributed by atoms with van der Waals surface area (Å²) < 4.78 is 22.6. The number of nitrogens with zero attached hydrogens (tertiary/aromatic N) is 1. The second-order valence-electron chi connectivity index (χ2n) is 4.48. The van der Waals surface area contributed by atoms with E-state index in [-0.39, 0.29) is 4.90 Å². The van der Waals surface area contributed by atoms with Crippen LogP contribution in [-0.4, -0.2) is 21.5 Å². The standard InChI is InChI=1S/C12H22N4O2S/c1-3-5-16(6-4-2)12-10(13)7-9(8-11(12)14)19(15,17)18/h7-8H,3-6,13-14H2,1-2H3,(H2,15,17,18). The molecule has 0 spiro atoms. The van der Waals surface area contributed by atoms with Crippen LogP contribution in [0.15, 0.2) is 17.0 Å². The number of anilines is 3. The zero-order valence-electron chi connectivity index (χ0n) is 11.4. The summed E-state index contributed by atoms with van der Waals surface area (Å²) in [5.41, 5.74) is 13.2. The number of nitrogens with two attached hydrogens (primary N) is 3. The quantitative estimate of drug-likeness (QED) is 0.678. The van der Waals surface area contributed by atoms with Gasteiger partial charge in [0.2, 0.25) is 10.0 Å². The van der Waals surface area contributed by atoms with Crippen molar-refractivity contribution in [1.29, 1.82) is 0 Å². The summed E-state index contributed by atoms with van der Waals surface area (Å²) in [5.74, 6) is 0. The Morgan fingerprint density at radius 1 is 1.05 bits per heavy atom. The van der Waals surface area contributed by atoms with Crippen LogP contribution >= 0.6 is 0 Å². The van der Waals surface area contributed by atoms with Crippen molar-refractivity contribution in [3.05, 3.63) is 12.1 Å². The van der Waals surface area contributed by atoms with Gasteiger partial charge in [0, 0.05) is 13.1 Å². The molecule has 19 heavy (non-hydrogen) atoms. The van der Waals surface area contributed by atoms with E-state index >= 15 is 0 Å². The normalized spacial score (nSPS) is 11.5. The highest BCUT2D eigenvalue weighted by atomic mass is 32.2. The van der Waals surface area contributed by atoms with E-state index in [0.29, 0.717) is 17.1 Å². The van der Waals surface area contributed by atoms with Gasteiger partial charge in [-0.05, 0) is 25.0 Å². The van der Waals surface area contributed by atoms with Crippen molar-refractivity contribution in [3.63, 3.8) is 0 Å². The van der Waals surface area contributed by atoms with E-state index in [9.17, 15) is 8.42 Å². The fourth-order valence-corrected chi connectivity index (χ4v) is 2.64. The molecule has 0 heterocycles. The Kier molecular flexibility index (Phi) is 5.02. The molecule has 0 aliphatic rings. The van der Waals surface area contributed by atoms with Crippen LogP contribution in [0, 0.1) is 0 Å². The summed E-state index contributed by atoms with van der Waals surface area (Å²) in [6, 6.07) is 2.72. The Morgan fingerprint density at radius 3 is 1.79 bits per heavy atom. The largest absolute Gasteiger partial charge is 0.397 e. The van der Waals surface area contributed by atoms with Gasteiger partial charge in [0.15, 0.2) is 0 Å². The van der Waals surface area contributed by atoms with Crippen LogP contribution in [-0.2, 0) is 10.0 Å². The van der Waals surface area contributed by atoms with Gasteiger partial charge in [-0.2, -0.15) is 0 Å². The first-order valence-corrected chi connectivity index (χ1v) is 7.82. The molecule has 0 bridgehead atoms. The first-order chi connectivity index (χ1) is 8.81. The molecule has 6 nitrogen and oxygen atoms in total. The third-order valence-electron chi connectivity index (χ3n) is 2.77. The molecule has 0 saturated carbocycles. The average Bonchev–Trinajstić information content (AvgIpc) is 2.27. The second kappa shape index (κ2) is 6.12. The van der Waals surface area contributed by atoms with E-state index in [1.807, 2.05) is 0 Å². The van der Waals surface area contributed by atoms with Crippen LogP contribution in [0.1, 0.15) is 26.7 Å². The average molecular weight is 286 g/mol. The smallest absolute Gasteiger partial charge is 0.238 e. The first kappa shape index (κ1) is 15.6. The molecule has 0 amide bonds. The molecule has 7 heteroatoms. The highest BCUT2D eigenvalue weighted by Crippen LogP contribution is 2.33. The Balaban J connectivity index is 3.29. The van der Waals surface area contributed by atoms with Crippen LogP contribution in [0.5, 0.6) is 0 Å². The molecule has 6 N–H and O–H groups in total. The van der Waals surface area contributed by atoms with Gasteiger partial charge in [-0.1, -0.05) is 13.8 Å². The zero-order valence-corrected chi connectivity index (χ0v) is 12.2. The summed E-state index contributed by atoms with van der Waals surface area (Å²) in [4.78, 5) is 2.01. The van der Waals surface area contributed by atoms with E-state index < -0.39 is 10.0 Å². The third kappa shape index (κ3) is 3.74. The number of sulfonamides is 1. The van der Waals surface area contributed by atoms with Gasteiger partial charge in [0.05, 0.1) is 22.0 Å². The van der Waals surface area contributed by atoms with E-state index in [2.05, 4.69) is 18.7 Å². The predicted octanol–water partition coefficient (Wildman–Crippen LogP) is 1.12. The molecule has 0 atom stereocenters. The molecule has 1 aromatic carbocycles. The molecule has 0 aromatic heterocycles. The minimum absolute atomic E-state index is 0.0563. The number of rotatable bonds is 6. The van der Waals surface area contributed by atoms with Crippen LogP contribution in [0.2, 0.25) is 0 Å². The van der Waals surface area contributed by atoms with Crippen molar-refractivity contribution in [2.45, 2.75) is 31.6 Å². The summed E-state index contributed by atoms with van der Waals surface area (Å²) in [5, 5.41) is 5.09. The fraction of sp³-hybridized carbons (Fsp3) is 0.500. The summed E-state index contributed by atoms with van der Waals surface area (Å²) in [6.45, 7) is 5.76. The van der Waals surface area contributed by atoms with Crippen LogP contribution < -0.4 is 21.5 Å². The van der Waals surface area contributed by atoms with Gasteiger partial charge < -0.3 is 16.4 Å². The monoisotopic (exact) mass is 286 g/mol. The van der Waals surface area contributed by atoms with Gasteiger partial charge in [-0.25, -0.2) is 13.6 Å². The minimum atomic E-state index is -3.79. The predicted molar refractivity (Wildman–Crippen MR) is 79.4 cm³/mol. The van der Waals surface area contributed by atoms with Crippen molar-refractivity contribution < 1.29 is 8.42 Å². The van der Waals surface area contributed by atoms with Crippen LogP contribution in [0.3, 0.4) is 0 Å². The maximum Gasteiger partial charge on any atom is 0.238 e. The molecule has 0 unspecified atom stereocenters. The van der Waals surface area contributed by atoms with Crippen LogP contribution in [0.4, 0.5) is 17.1 Å². The van der Waals surface area contributed by atoms with E-state index in [0.717, 1.165) is 25.9 Å². The summed E-state index contributed by atoms with van der Waals surface area (Å²) >= 11 is 0. The topological polar surface area (TPSA) is 115 Å². The molecule has 108 valence electrons. The minimum Gasteiger partial charge on any atom is -0.397 e. The Hall–Kier alpha value is -1.47. The molecule has 1 rings (SSSR count). The number of nitrogen functional groups attached to an aromatic ring is 2. The van der Waals surface area contributed by atoms with Crippen molar-refractivity contribution in [3.8, 4) is 0 Å². The van der Waals surface area contributed by atoms with Gasteiger partial charge >= 0.3 is 0 Å². The fourth-order valence-electron chi connectivity index (χ4n) is 2.06. The molecular formula is C12H22N4O2S. The van der Waals surface area contributed by atoms with Crippen molar-refractivity contribution in [2.75, 3.05) is 29.5 Å². The van der Waals surface area contributed by atoms with Crippen molar-refractivity contribution >= 4 is 27.1 Å². The van der Waals surface area contributed by atoms with Crippen LogP contribution in [0.25, 0.3) is 0 Å². The number of hydrogen-bond donors (Lipinski definition) is 3.